The van der Waals surface area contributed by atoms with Gasteiger partial charge in [-0.15, -0.1) is 0 Å². The second kappa shape index (κ2) is 18.4. The third kappa shape index (κ3) is 11.2. The minimum Gasteiger partial charge on any atom is -0.497 e. The maximum absolute atomic E-state index is 14.2. The number of ether oxygens (including phenoxy) is 1. The number of halogens is 2. The maximum Gasteiger partial charge on any atom is 0.251 e. The predicted molar refractivity (Wildman–Crippen MR) is 205 cm³/mol. The van der Waals surface area contributed by atoms with E-state index < -0.39 is 39.7 Å². The number of nitrogens with zero attached hydrogens (tertiary/aromatic N) is 2. The summed E-state index contributed by atoms with van der Waals surface area (Å²) in [4.78, 5) is 19.7. The van der Waals surface area contributed by atoms with Gasteiger partial charge < -0.3 is 25.3 Å². The van der Waals surface area contributed by atoms with Gasteiger partial charge in [-0.3, -0.25) is 4.79 Å². The van der Waals surface area contributed by atoms with Crippen molar-refractivity contribution in [1.82, 2.24) is 10.6 Å². The van der Waals surface area contributed by atoms with Gasteiger partial charge in [0.1, 0.15) is 24.0 Å². The fourth-order valence-corrected chi connectivity index (χ4v) is 6.79. The van der Waals surface area contributed by atoms with Gasteiger partial charge in [0.25, 0.3) is 5.91 Å². The molecule has 54 heavy (non-hydrogen) atoms. The lowest BCUT2D eigenvalue weighted by Crippen LogP contribution is -2.48. The van der Waals surface area contributed by atoms with Crippen LogP contribution in [0.15, 0.2) is 126 Å². The molecule has 0 saturated carbocycles. The molecule has 0 saturated heterocycles. The van der Waals surface area contributed by atoms with Crippen LogP contribution in [0.3, 0.4) is 0 Å². The largest absolute Gasteiger partial charge is 0.497 e. The zero-order valence-electron chi connectivity index (χ0n) is 30.1. The Bertz CT molecular complexity index is 2150. The molecule has 0 unspecified atom stereocenters. The summed E-state index contributed by atoms with van der Waals surface area (Å²) in [7, 11) is -2.37. The molecule has 0 aromatic heterocycles. The first-order valence-electron chi connectivity index (χ1n) is 17.1. The summed E-state index contributed by atoms with van der Waals surface area (Å²) in [6, 6.07) is 31.7. The summed E-state index contributed by atoms with van der Waals surface area (Å²) in [5, 5.41) is 21.6. The van der Waals surface area contributed by atoms with Crippen molar-refractivity contribution in [2.24, 2.45) is 5.16 Å². The number of carbonyl (C=O) groups is 1. The molecule has 0 aliphatic rings. The highest BCUT2D eigenvalue weighted by molar-refractivity contribution is 7.92. The van der Waals surface area contributed by atoms with E-state index in [1.54, 1.807) is 50.4 Å². The Morgan fingerprint density at radius 3 is 2.13 bits per heavy atom. The number of benzene rings is 5. The number of para-hydroxylation sites is 1. The quantitative estimate of drug-likeness (QED) is 0.0730. The smallest absolute Gasteiger partial charge is 0.251 e. The molecule has 0 spiro atoms. The van der Waals surface area contributed by atoms with Gasteiger partial charge >= 0.3 is 0 Å². The summed E-state index contributed by atoms with van der Waals surface area (Å²) in [6.45, 7) is 2.21. The molecule has 5 aromatic carbocycles. The van der Waals surface area contributed by atoms with Gasteiger partial charge in [-0.2, -0.15) is 0 Å². The third-order valence-electron chi connectivity index (χ3n) is 8.41. The third-order valence-corrected chi connectivity index (χ3v) is 9.49. The second-order valence-corrected chi connectivity index (χ2v) is 14.5. The molecule has 5 aromatic rings. The van der Waals surface area contributed by atoms with E-state index in [9.17, 15) is 27.1 Å². The molecular weight excluding hydrogens is 715 g/mol. The Kier molecular flexibility index (Phi) is 13.5. The van der Waals surface area contributed by atoms with E-state index in [2.05, 4.69) is 15.8 Å². The topological polar surface area (TPSA) is 130 Å². The number of methoxy groups -OCH3 is 1. The van der Waals surface area contributed by atoms with Crippen LogP contribution in [0.5, 0.6) is 5.75 Å². The molecule has 5 rings (SSSR count). The normalized spacial score (nSPS) is 12.8. The fourth-order valence-electron chi connectivity index (χ4n) is 5.80. The summed E-state index contributed by atoms with van der Waals surface area (Å²) < 4.78 is 61.4. The Hall–Kier alpha value is -5.63. The molecule has 2 atom stereocenters. The molecule has 13 heteroatoms. The van der Waals surface area contributed by atoms with Gasteiger partial charge in [-0.25, -0.2) is 21.5 Å². The van der Waals surface area contributed by atoms with E-state index in [0.29, 0.717) is 29.3 Å². The lowest BCUT2D eigenvalue weighted by atomic mass is 9.99. The number of carbonyl (C=O) groups excluding carboxylic acids is 1. The number of sulfonamides is 1. The van der Waals surface area contributed by atoms with Gasteiger partial charge in [-0.1, -0.05) is 65.8 Å². The van der Waals surface area contributed by atoms with Crippen molar-refractivity contribution in [3.63, 3.8) is 0 Å². The zero-order chi connectivity index (χ0) is 38.7. The lowest BCUT2D eigenvalue weighted by molar-refractivity contribution is 0.0829. The standard InChI is InChI=1S/C41H42F2N4O6S/c1-28(46-53-27-29-11-6-4-7-12-29)32-21-33(23-37(22-32)47(54(3,50)51)36-14-8-5-9-15-36)41(49)45-39(20-31-17-34(42)24-35(43)18-31)40(48)26-44-25-30-13-10-16-38(19-30)52-2/h4-19,21-24,39-40,44,48H,20,25-27H2,1-3H3,(H,45,49)/b46-28+/t39-,40+/m0/s1. The molecule has 10 nitrogen and oxygen atoms in total. The molecule has 0 aliphatic carbocycles. The number of hydrogen-bond acceptors (Lipinski definition) is 8. The lowest BCUT2D eigenvalue weighted by Gasteiger charge is -2.26. The minimum atomic E-state index is -3.93. The summed E-state index contributed by atoms with van der Waals surface area (Å²) >= 11 is 0. The van der Waals surface area contributed by atoms with Crippen molar-refractivity contribution in [2.75, 3.05) is 24.2 Å². The number of aliphatic hydroxyl groups is 1. The molecule has 0 heterocycles. The average molecular weight is 757 g/mol. The highest BCUT2D eigenvalue weighted by atomic mass is 32.2. The van der Waals surface area contributed by atoms with Gasteiger partial charge in [0.15, 0.2) is 0 Å². The highest BCUT2D eigenvalue weighted by Gasteiger charge is 2.26. The van der Waals surface area contributed by atoms with E-state index in [4.69, 9.17) is 9.57 Å². The number of aliphatic hydroxyl groups excluding tert-OH is 1. The molecule has 0 bridgehead atoms. The SMILES string of the molecule is COc1cccc(CNC[C@@H](O)[C@H](Cc2cc(F)cc(F)c2)NC(=O)c2cc(/C(C)=N/OCc3ccccc3)cc(N(c3ccccc3)S(C)(=O)=O)c2)c1. The van der Waals surface area contributed by atoms with Crippen LogP contribution in [0.1, 0.15) is 39.5 Å². The molecule has 0 aliphatic heterocycles. The Balaban J connectivity index is 1.47. The van der Waals surface area contributed by atoms with Crippen molar-refractivity contribution >= 4 is 33.0 Å². The predicted octanol–water partition coefficient (Wildman–Crippen LogP) is 6.50. The number of hydrogen-bond donors (Lipinski definition) is 3. The Labute approximate surface area is 314 Å². The van der Waals surface area contributed by atoms with Crippen molar-refractivity contribution < 1.29 is 36.7 Å². The first-order chi connectivity index (χ1) is 25.9. The van der Waals surface area contributed by atoms with Gasteiger partial charge in [0, 0.05) is 30.3 Å². The van der Waals surface area contributed by atoms with Crippen molar-refractivity contribution in [1.29, 1.82) is 0 Å². The van der Waals surface area contributed by atoms with Crippen molar-refractivity contribution in [3.8, 4) is 5.75 Å². The highest BCUT2D eigenvalue weighted by Crippen LogP contribution is 2.31. The van der Waals surface area contributed by atoms with E-state index in [1.807, 2.05) is 54.6 Å². The van der Waals surface area contributed by atoms with Crippen LogP contribution < -0.4 is 19.7 Å². The van der Waals surface area contributed by atoms with Crippen molar-refractivity contribution in [3.05, 3.63) is 161 Å². The summed E-state index contributed by atoms with van der Waals surface area (Å²) in [5.41, 5.74) is 3.25. The second-order valence-electron chi connectivity index (χ2n) is 12.7. The van der Waals surface area contributed by atoms with E-state index in [-0.39, 0.29) is 36.4 Å². The molecule has 3 N–H and O–H groups in total. The number of rotatable bonds is 17. The van der Waals surface area contributed by atoms with Crippen LogP contribution in [-0.4, -0.2) is 57.2 Å². The Morgan fingerprint density at radius 1 is 0.815 bits per heavy atom. The van der Waals surface area contributed by atoms with Gasteiger partial charge in [0.2, 0.25) is 10.0 Å². The van der Waals surface area contributed by atoms with Crippen LogP contribution in [0.2, 0.25) is 0 Å². The molecule has 282 valence electrons. The first kappa shape index (κ1) is 39.6. The molecule has 1 amide bonds. The number of amides is 1. The number of oxime groups is 1. The van der Waals surface area contributed by atoms with E-state index in [0.717, 1.165) is 39.9 Å². The zero-order valence-corrected chi connectivity index (χ0v) is 30.9. The van der Waals surface area contributed by atoms with Gasteiger partial charge in [0.05, 0.1) is 42.6 Å². The molecular formula is C41H42F2N4O6S. The fraction of sp³-hybridized carbons (Fsp3) is 0.220. The monoisotopic (exact) mass is 756 g/mol. The van der Waals surface area contributed by atoms with E-state index >= 15 is 0 Å². The minimum absolute atomic E-state index is 0.00558. The van der Waals surface area contributed by atoms with Crippen LogP contribution in [-0.2, 0) is 34.4 Å². The van der Waals surface area contributed by atoms with Crippen LogP contribution in [0.4, 0.5) is 20.2 Å². The van der Waals surface area contributed by atoms with Crippen LogP contribution in [0, 0.1) is 11.6 Å². The molecule has 0 radical (unpaired) electrons. The number of anilines is 2. The van der Waals surface area contributed by atoms with Crippen molar-refractivity contribution in [2.45, 2.75) is 38.6 Å². The average Bonchev–Trinajstić information content (AvgIpc) is 3.14. The van der Waals surface area contributed by atoms with Gasteiger partial charge in [-0.05, 0) is 84.6 Å². The Morgan fingerprint density at radius 2 is 1.46 bits per heavy atom. The number of nitrogens with one attached hydrogen (secondary N) is 2. The maximum atomic E-state index is 14.2. The summed E-state index contributed by atoms with van der Waals surface area (Å²) in [5.74, 6) is -1.61. The first-order valence-corrected chi connectivity index (χ1v) is 18.9. The molecule has 0 fully saturated rings. The van der Waals surface area contributed by atoms with E-state index in [1.165, 1.54) is 12.1 Å². The van der Waals surface area contributed by atoms with Crippen LogP contribution >= 0.6 is 0 Å². The summed E-state index contributed by atoms with van der Waals surface area (Å²) in [6.07, 6.45) is -0.290. The van der Waals surface area contributed by atoms with Crippen LogP contribution in [0.25, 0.3) is 0 Å².